The first-order valence-corrected chi connectivity index (χ1v) is 7.88. The van der Waals surface area contributed by atoms with E-state index in [-0.39, 0.29) is 24.0 Å². The first-order valence-electron chi connectivity index (χ1n) is 7.88. The molecule has 0 aromatic carbocycles. The molecule has 0 rings (SSSR count). The van der Waals surface area contributed by atoms with E-state index in [2.05, 4.69) is 27.7 Å². The molecule has 0 unspecified atom stereocenters. The lowest BCUT2D eigenvalue weighted by Gasteiger charge is -2.23. The fourth-order valence-corrected chi connectivity index (χ4v) is 2.07. The van der Waals surface area contributed by atoms with E-state index in [0.717, 1.165) is 38.5 Å². The molecular weight excluding hydrogens is 254 g/mol. The fraction of sp³-hybridized carbons (Fsp3) is 1.00. The normalized spacial score (nSPS) is 13.2. The molecule has 0 heterocycles. The van der Waals surface area contributed by atoms with Crippen molar-refractivity contribution in [1.82, 2.24) is 5.06 Å². The molecule has 0 aliphatic carbocycles. The third kappa shape index (κ3) is 10.6. The molecule has 122 valence electrons. The lowest BCUT2D eigenvalue weighted by Crippen LogP contribution is -2.23. The Morgan fingerprint density at radius 3 is 1.35 bits per heavy atom. The van der Waals surface area contributed by atoms with Crippen molar-refractivity contribution < 1.29 is 15.4 Å². The van der Waals surface area contributed by atoms with Crippen LogP contribution in [0.25, 0.3) is 0 Å². The number of nitrogens with zero attached hydrogens (tertiary/aromatic N) is 1. The van der Waals surface area contributed by atoms with E-state index in [1.807, 2.05) is 0 Å². The van der Waals surface area contributed by atoms with Gasteiger partial charge in [-0.05, 0) is 36.5 Å². The van der Waals surface area contributed by atoms with Gasteiger partial charge in [-0.3, -0.25) is 0 Å². The van der Waals surface area contributed by atoms with Crippen molar-refractivity contribution in [3.8, 4) is 0 Å². The van der Waals surface area contributed by atoms with Gasteiger partial charge in [-0.2, -0.15) is 5.06 Å². The fourth-order valence-electron chi connectivity index (χ4n) is 2.07. The van der Waals surface area contributed by atoms with E-state index in [4.69, 9.17) is 10.2 Å². The van der Waals surface area contributed by atoms with Gasteiger partial charge < -0.3 is 15.4 Å². The molecule has 0 radical (unpaired) electrons. The molecular formula is C16H35NO3. The highest BCUT2D eigenvalue weighted by Crippen LogP contribution is 2.23. The summed E-state index contributed by atoms with van der Waals surface area (Å²) in [4.78, 5) is 0. The number of unbranched alkanes of at least 4 members (excludes halogenated alkanes) is 2. The van der Waals surface area contributed by atoms with Gasteiger partial charge in [-0.25, -0.2) is 0 Å². The van der Waals surface area contributed by atoms with Crippen molar-refractivity contribution in [1.29, 1.82) is 0 Å². The summed E-state index contributed by atoms with van der Waals surface area (Å²) in [7, 11) is 0. The quantitative estimate of drug-likeness (QED) is 0.382. The van der Waals surface area contributed by atoms with Crippen LogP contribution in [0.1, 0.15) is 66.2 Å². The molecule has 0 fully saturated rings. The third-order valence-electron chi connectivity index (χ3n) is 3.90. The van der Waals surface area contributed by atoms with Crippen LogP contribution in [0.2, 0.25) is 0 Å². The standard InChI is InChI=1S/C16H35NO3/c1-15(2,13-18)9-5-7-11-17(20)12-8-6-10-16(3,4)14-19/h18-20H,5-14H2,1-4H3. The molecule has 4 heteroatoms. The Morgan fingerprint density at radius 2 is 1.05 bits per heavy atom. The van der Waals surface area contributed by atoms with Gasteiger partial charge in [0.15, 0.2) is 0 Å². The second kappa shape index (κ2) is 9.72. The van der Waals surface area contributed by atoms with Gasteiger partial charge in [0.05, 0.1) is 0 Å². The third-order valence-corrected chi connectivity index (χ3v) is 3.90. The summed E-state index contributed by atoms with van der Waals surface area (Å²) in [5, 5.41) is 29.5. The van der Waals surface area contributed by atoms with E-state index in [0.29, 0.717) is 13.1 Å². The summed E-state index contributed by atoms with van der Waals surface area (Å²) >= 11 is 0. The van der Waals surface area contributed by atoms with Crippen LogP contribution in [0.4, 0.5) is 0 Å². The van der Waals surface area contributed by atoms with Gasteiger partial charge in [0.1, 0.15) is 0 Å². The molecule has 0 aliphatic rings. The smallest absolute Gasteiger partial charge is 0.0482 e. The molecule has 0 saturated heterocycles. The van der Waals surface area contributed by atoms with Crippen LogP contribution in [-0.4, -0.2) is 46.8 Å². The molecule has 20 heavy (non-hydrogen) atoms. The van der Waals surface area contributed by atoms with Crippen LogP contribution >= 0.6 is 0 Å². The summed E-state index contributed by atoms with van der Waals surface area (Å²) in [6.07, 6.45) is 5.96. The van der Waals surface area contributed by atoms with Crippen LogP contribution in [0.3, 0.4) is 0 Å². The maximum absolute atomic E-state index is 9.76. The molecule has 3 N–H and O–H groups in total. The molecule has 0 spiro atoms. The number of hydroxylamine groups is 2. The van der Waals surface area contributed by atoms with Gasteiger partial charge in [0.25, 0.3) is 0 Å². The topological polar surface area (TPSA) is 63.9 Å². The SMILES string of the molecule is CC(C)(CO)CCCCN(O)CCCCC(C)(C)CO. The Bertz CT molecular complexity index is 218. The average Bonchev–Trinajstić information content (AvgIpc) is 2.40. The first-order chi connectivity index (χ1) is 9.22. The van der Waals surface area contributed by atoms with E-state index in [1.165, 1.54) is 5.06 Å². The number of hydrogen-bond acceptors (Lipinski definition) is 4. The molecule has 0 aliphatic heterocycles. The summed E-state index contributed by atoms with van der Waals surface area (Å²) < 4.78 is 0. The van der Waals surface area contributed by atoms with Gasteiger partial charge in [-0.15, -0.1) is 0 Å². The molecule has 0 aromatic heterocycles. The Balaban J connectivity index is 3.53. The second-order valence-electron chi connectivity index (χ2n) is 7.51. The molecule has 0 bridgehead atoms. The van der Waals surface area contributed by atoms with Gasteiger partial charge >= 0.3 is 0 Å². The molecule has 4 nitrogen and oxygen atoms in total. The summed E-state index contributed by atoms with van der Waals surface area (Å²) in [6.45, 7) is 10.1. The minimum atomic E-state index is -0.00381. The lowest BCUT2D eigenvalue weighted by atomic mass is 9.88. The Kier molecular flexibility index (Phi) is 9.64. The largest absolute Gasteiger partial charge is 0.396 e. The van der Waals surface area contributed by atoms with Crippen LogP contribution in [0, 0.1) is 10.8 Å². The maximum Gasteiger partial charge on any atom is 0.0482 e. The second-order valence-corrected chi connectivity index (χ2v) is 7.51. The highest BCUT2D eigenvalue weighted by molar-refractivity contribution is 4.68. The number of aliphatic hydroxyl groups excluding tert-OH is 2. The molecule has 0 atom stereocenters. The minimum Gasteiger partial charge on any atom is -0.396 e. The van der Waals surface area contributed by atoms with Gasteiger partial charge in [0.2, 0.25) is 0 Å². The summed E-state index contributed by atoms with van der Waals surface area (Å²) in [5.74, 6) is 0. The van der Waals surface area contributed by atoms with E-state index < -0.39 is 0 Å². The summed E-state index contributed by atoms with van der Waals surface area (Å²) in [6, 6.07) is 0. The van der Waals surface area contributed by atoms with Crippen molar-refractivity contribution in [2.75, 3.05) is 26.3 Å². The van der Waals surface area contributed by atoms with Crippen LogP contribution in [0.5, 0.6) is 0 Å². The lowest BCUT2D eigenvalue weighted by molar-refractivity contribution is -0.0932. The maximum atomic E-state index is 9.76. The predicted octanol–water partition coefficient (Wildman–Crippen LogP) is 3.06. The minimum absolute atomic E-state index is 0.00381. The highest BCUT2D eigenvalue weighted by atomic mass is 16.5. The van der Waals surface area contributed by atoms with Crippen molar-refractivity contribution in [2.24, 2.45) is 10.8 Å². The predicted molar refractivity (Wildman–Crippen MR) is 82.8 cm³/mol. The van der Waals surface area contributed by atoms with Crippen molar-refractivity contribution >= 4 is 0 Å². The first kappa shape index (κ1) is 19.8. The number of hydrogen-bond donors (Lipinski definition) is 3. The Hall–Kier alpha value is -0.160. The zero-order valence-corrected chi connectivity index (χ0v) is 13.9. The number of rotatable bonds is 12. The van der Waals surface area contributed by atoms with Crippen LogP contribution < -0.4 is 0 Å². The van der Waals surface area contributed by atoms with E-state index in [1.54, 1.807) is 0 Å². The molecule has 0 saturated carbocycles. The summed E-state index contributed by atoms with van der Waals surface area (Å²) in [5.41, 5.74) is -0.00761. The van der Waals surface area contributed by atoms with E-state index >= 15 is 0 Å². The van der Waals surface area contributed by atoms with Gasteiger partial charge in [0, 0.05) is 26.3 Å². The Morgan fingerprint density at radius 1 is 0.700 bits per heavy atom. The van der Waals surface area contributed by atoms with Crippen molar-refractivity contribution in [3.63, 3.8) is 0 Å². The highest BCUT2D eigenvalue weighted by Gasteiger charge is 2.16. The van der Waals surface area contributed by atoms with Crippen LogP contribution in [-0.2, 0) is 0 Å². The van der Waals surface area contributed by atoms with Crippen molar-refractivity contribution in [3.05, 3.63) is 0 Å². The van der Waals surface area contributed by atoms with Gasteiger partial charge in [-0.1, -0.05) is 40.5 Å². The zero-order chi connectivity index (χ0) is 15.6. The monoisotopic (exact) mass is 289 g/mol. The molecule has 0 aromatic rings. The molecule has 0 amide bonds. The van der Waals surface area contributed by atoms with Crippen molar-refractivity contribution in [2.45, 2.75) is 66.2 Å². The van der Waals surface area contributed by atoms with Crippen LogP contribution in [0.15, 0.2) is 0 Å². The van der Waals surface area contributed by atoms with E-state index in [9.17, 15) is 5.21 Å². The zero-order valence-electron chi connectivity index (χ0n) is 13.9. The average molecular weight is 289 g/mol. The number of aliphatic hydroxyl groups is 2. The Labute approximate surface area is 124 Å².